The van der Waals surface area contributed by atoms with E-state index in [0.717, 1.165) is 5.56 Å². The van der Waals surface area contributed by atoms with Crippen LogP contribution in [0.4, 0.5) is 0 Å². The summed E-state index contributed by atoms with van der Waals surface area (Å²) in [4.78, 5) is 24.4. The summed E-state index contributed by atoms with van der Waals surface area (Å²) in [5, 5.41) is 5.71. The third kappa shape index (κ3) is 6.18. The highest BCUT2D eigenvalue weighted by Gasteiger charge is 2.09. The first kappa shape index (κ1) is 21.1. The van der Waals surface area contributed by atoms with Gasteiger partial charge in [-0.05, 0) is 60.3 Å². The summed E-state index contributed by atoms with van der Waals surface area (Å²) >= 11 is 1.32. The van der Waals surface area contributed by atoms with Crippen molar-refractivity contribution in [3.05, 3.63) is 76.5 Å². The summed E-state index contributed by atoms with van der Waals surface area (Å²) in [6.07, 6.45) is 1.48. The normalized spacial score (nSPS) is 10.6. The van der Waals surface area contributed by atoms with Crippen LogP contribution >= 0.6 is 11.3 Å². The summed E-state index contributed by atoms with van der Waals surface area (Å²) in [6.45, 7) is 2.18. The zero-order valence-corrected chi connectivity index (χ0v) is 17.1. The van der Waals surface area contributed by atoms with E-state index in [0.29, 0.717) is 28.7 Å². The molecule has 30 heavy (non-hydrogen) atoms. The highest BCUT2D eigenvalue weighted by Crippen LogP contribution is 2.26. The second-order valence-corrected chi connectivity index (χ2v) is 6.85. The van der Waals surface area contributed by atoms with Gasteiger partial charge in [-0.2, -0.15) is 5.10 Å². The van der Waals surface area contributed by atoms with Crippen LogP contribution in [-0.2, 0) is 4.79 Å². The molecular weight excluding hydrogens is 404 g/mol. The van der Waals surface area contributed by atoms with Gasteiger partial charge in [-0.25, -0.2) is 10.2 Å². The minimum absolute atomic E-state index is 0.195. The number of thiophene rings is 1. The zero-order chi connectivity index (χ0) is 21.2. The number of carbonyl (C=O) groups is 2. The number of nitrogens with one attached hydrogen (secondary N) is 1. The van der Waals surface area contributed by atoms with E-state index in [1.807, 2.05) is 18.4 Å². The molecule has 8 heteroatoms. The fraction of sp³-hybridized carbons (Fsp3) is 0.136. The Kier molecular flexibility index (Phi) is 7.57. The molecule has 3 aromatic rings. The minimum atomic E-state index is -0.404. The summed E-state index contributed by atoms with van der Waals surface area (Å²) in [5.74, 6) is 0.696. The van der Waals surface area contributed by atoms with E-state index in [4.69, 9.17) is 14.2 Å². The lowest BCUT2D eigenvalue weighted by Crippen LogP contribution is -2.24. The van der Waals surface area contributed by atoms with Gasteiger partial charge in [0.25, 0.3) is 5.91 Å². The molecule has 0 aliphatic heterocycles. The lowest BCUT2D eigenvalue weighted by molar-refractivity contribution is -0.123. The van der Waals surface area contributed by atoms with Crippen LogP contribution in [0.5, 0.6) is 17.2 Å². The zero-order valence-electron chi connectivity index (χ0n) is 16.2. The summed E-state index contributed by atoms with van der Waals surface area (Å²) in [6, 6.07) is 17.4. The molecule has 0 fully saturated rings. The number of hydrogen-bond acceptors (Lipinski definition) is 7. The molecule has 0 saturated carbocycles. The van der Waals surface area contributed by atoms with Crippen molar-refractivity contribution in [3.8, 4) is 17.2 Å². The van der Waals surface area contributed by atoms with Crippen molar-refractivity contribution in [2.45, 2.75) is 6.92 Å². The van der Waals surface area contributed by atoms with Gasteiger partial charge >= 0.3 is 5.97 Å². The largest absolute Gasteiger partial charge is 0.490 e. The first-order valence-corrected chi connectivity index (χ1v) is 10.1. The van der Waals surface area contributed by atoms with Crippen molar-refractivity contribution in [2.24, 2.45) is 5.10 Å². The molecule has 0 saturated heterocycles. The van der Waals surface area contributed by atoms with Crippen molar-refractivity contribution >= 4 is 29.4 Å². The van der Waals surface area contributed by atoms with Crippen molar-refractivity contribution in [2.75, 3.05) is 13.2 Å². The Morgan fingerprint density at radius 3 is 2.40 bits per heavy atom. The predicted molar refractivity (Wildman–Crippen MR) is 115 cm³/mol. The van der Waals surface area contributed by atoms with E-state index in [-0.39, 0.29) is 6.61 Å². The molecule has 0 radical (unpaired) electrons. The molecule has 0 unspecified atom stereocenters. The highest BCUT2D eigenvalue weighted by atomic mass is 32.1. The monoisotopic (exact) mass is 424 g/mol. The Hall–Kier alpha value is -3.65. The van der Waals surface area contributed by atoms with Gasteiger partial charge in [-0.1, -0.05) is 18.2 Å². The maximum absolute atomic E-state index is 11.9. The van der Waals surface area contributed by atoms with Crippen LogP contribution in [0.25, 0.3) is 0 Å². The molecule has 1 aromatic heterocycles. The van der Waals surface area contributed by atoms with E-state index in [9.17, 15) is 9.59 Å². The third-order valence-corrected chi connectivity index (χ3v) is 4.57. The second kappa shape index (κ2) is 10.8. The van der Waals surface area contributed by atoms with Crippen LogP contribution in [0, 0.1) is 0 Å². The van der Waals surface area contributed by atoms with Gasteiger partial charge in [-0.3, -0.25) is 4.79 Å². The molecule has 0 spiro atoms. The molecule has 1 N–H and O–H groups in total. The molecule has 0 aliphatic carbocycles. The lowest BCUT2D eigenvalue weighted by Gasteiger charge is -2.10. The maximum Gasteiger partial charge on any atom is 0.353 e. The first-order chi connectivity index (χ1) is 14.7. The molecule has 0 bridgehead atoms. The number of ether oxygens (including phenoxy) is 3. The molecular formula is C22H20N2O5S. The number of rotatable bonds is 9. The van der Waals surface area contributed by atoms with Gasteiger partial charge in [-0.15, -0.1) is 11.3 Å². The van der Waals surface area contributed by atoms with Crippen molar-refractivity contribution in [1.29, 1.82) is 0 Å². The van der Waals surface area contributed by atoms with Crippen LogP contribution in [0.2, 0.25) is 0 Å². The lowest BCUT2D eigenvalue weighted by atomic mass is 10.2. The smallest absolute Gasteiger partial charge is 0.353 e. The average Bonchev–Trinajstić information content (AvgIpc) is 3.30. The second-order valence-electron chi connectivity index (χ2n) is 5.90. The maximum atomic E-state index is 11.9. The Balaban J connectivity index is 1.46. The van der Waals surface area contributed by atoms with Gasteiger partial charge in [0, 0.05) is 0 Å². The third-order valence-electron chi connectivity index (χ3n) is 3.72. The van der Waals surface area contributed by atoms with Crippen molar-refractivity contribution < 1.29 is 23.8 Å². The first-order valence-electron chi connectivity index (χ1n) is 9.18. The molecule has 154 valence electrons. The molecule has 1 heterocycles. The Morgan fingerprint density at radius 2 is 1.73 bits per heavy atom. The quantitative estimate of drug-likeness (QED) is 0.244. The highest BCUT2D eigenvalue weighted by molar-refractivity contribution is 7.12. The van der Waals surface area contributed by atoms with E-state index in [1.54, 1.807) is 54.6 Å². The van der Waals surface area contributed by atoms with Gasteiger partial charge < -0.3 is 14.2 Å². The number of carbonyl (C=O) groups excluding carboxylic acids is 2. The Morgan fingerprint density at radius 1 is 1.00 bits per heavy atom. The van der Waals surface area contributed by atoms with Crippen LogP contribution in [0.15, 0.2) is 71.1 Å². The van der Waals surface area contributed by atoms with Crippen LogP contribution < -0.4 is 19.6 Å². The Bertz CT molecular complexity index is 1000. The minimum Gasteiger partial charge on any atom is -0.490 e. The molecule has 7 nitrogen and oxygen atoms in total. The number of esters is 1. The Labute approximate surface area is 177 Å². The van der Waals surface area contributed by atoms with Gasteiger partial charge in [0.1, 0.15) is 10.6 Å². The molecule has 2 aromatic carbocycles. The van der Waals surface area contributed by atoms with Gasteiger partial charge in [0.05, 0.1) is 12.8 Å². The van der Waals surface area contributed by atoms with Crippen LogP contribution in [0.3, 0.4) is 0 Å². The number of benzene rings is 2. The van der Waals surface area contributed by atoms with E-state index >= 15 is 0 Å². The fourth-order valence-corrected chi connectivity index (χ4v) is 2.97. The SMILES string of the molecule is CCOc1ccccc1OCC(=O)N/N=C/c1ccc(OC(=O)c2cccs2)cc1. The number of hydrogen-bond donors (Lipinski definition) is 1. The number of para-hydroxylation sites is 2. The summed E-state index contributed by atoms with van der Waals surface area (Å²) in [5.41, 5.74) is 3.13. The van der Waals surface area contributed by atoms with Crippen molar-refractivity contribution in [3.63, 3.8) is 0 Å². The average molecular weight is 424 g/mol. The van der Waals surface area contributed by atoms with E-state index < -0.39 is 11.9 Å². The van der Waals surface area contributed by atoms with Crippen LogP contribution in [0.1, 0.15) is 22.2 Å². The predicted octanol–water partition coefficient (Wildman–Crippen LogP) is 3.90. The number of amides is 1. The number of nitrogens with zero attached hydrogens (tertiary/aromatic N) is 1. The molecule has 0 atom stereocenters. The van der Waals surface area contributed by atoms with Crippen molar-refractivity contribution in [1.82, 2.24) is 5.43 Å². The standard InChI is InChI=1S/C22H20N2O5S/c1-2-27-18-6-3-4-7-19(18)28-15-21(25)24-23-14-16-9-11-17(12-10-16)29-22(26)20-8-5-13-30-20/h3-14H,2,15H2,1H3,(H,24,25)/b23-14+. The number of hydrazone groups is 1. The van der Waals surface area contributed by atoms with E-state index in [1.165, 1.54) is 17.6 Å². The van der Waals surface area contributed by atoms with E-state index in [2.05, 4.69) is 10.5 Å². The molecule has 3 rings (SSSR count). The molecule has 0 aliphatic rings. The van der Waals surface area contributed by atoms with Gasteiger partial charge in [0.15, 0.2) is 18.1 Å². The summed E-state index contributed by atoms with van der Waals surface area (Å²) < 4.78 is 16.2. The fourth-order valence-electron chi connectivity index (χ4n) is 2.37. The molecule has 1 amide bonds. The van der Waals surface area contributed by atoms with Crippen LogP contribution in [-0.4, -0.2) is 31.3 Å². The van der Waals surface area contributed by atoms with Gasteiger partial charge in [0.2, 0.25) is 0 Å². The topological polar surface area (TPSA) is 86.2 Å². The summed E-state index contributed by atoms with van der Waals surface area (Å²) in [7, 11) is 0.